The molecule has 0 saturated carbocycles. The lowest BCUT2D eigenvalue weighted by Crippen LogP contribution is -2.30. The standard InChI is InChI=1S/C11H17N/c1-3-9-12-11-7-5-10(4-2)6-8-11/h2,5,11-12H,3,6-9H2,1H3/t11-/m1/s1. The predicted octanol–water partition coefficient (Wildman–Crippen LogP) is 2.10. The summed E-state index contributed by atoms with van der Waals surface area (Å²) in [5.41, 5.74) is 1.18. The number of hydrogen-bond donors (Lipinski definition) is 1. The molecule has 0 fully saturated rings. The zero-order valence-corrected chi connectivity index (χ0v) is 7.77. The van der Waals surface area contributed by atoms with Gasteiger partial charge in [0.05, 0.1) is 0 Å². The Bertz CT molecular complexity index is 198. The first-order valence-corrected chi connectivity index (χ1v) is 4.75. The molecule has 0 aliphatic heterocycles. The topological polar surface area (TPSA) is 12.0 Å². The lowest BCUT2D eigenvalue weighted by Gasteiger charge is -2.20. The van der Waals surface area contributed by atoms with Crippen molar-refractivity contribution >= 4 is 0 Å². The summed E-state index contributed by atoms with van der Waals surface area (Å²) in [6, 6.07) is 0.669. The zero-order valence-electron chi connectivity index (χ0n) is 7.77. The molecule has 0 aromatic rings. The largest absolute Gasteiger partial charge is 0.314 e. The average molecular weight is 163 g/mol. The third-order valence-electron chi connectivity index (χ3n) is 2.28. The molecule has 0 spiro atoms. The Kier molecular flexibility index (Phi) is 3.90. The Morgan fingerprint density at radius 2 is 2.58 bits per heavy atom. The second kappa shape index (κ2) is 5.00. The molecule has 1 aliphatic rings. The van der Waals surface area contributed by atoms with Crippen LogP contribution in [0.2, 0.25) is 0 Å². The molecule has 0 heterocycles. The van der Waals surface area contributed by atoms with Gasteiger partial charge in [0.25, 0.3) is 0 Å². The summed E-state index contributed by atoms with van der Waals surface area (Å²) >= 11 is 0. The fourth-order valence-corrected chi connectivity index (χ4v) is 1.50. The zero-order chi connectivity index (χ0) is 8.81. The van der Waals surface area contributed by atoms with Crippen LogP contribution in [0.3, 0.4) is 0 Å². The van der Waals surface area contributed by atoms with Crippen molar-refractivity contribution in [2.45, 2.75) is 38.6 Å². The summed E-state index contributed by atoms with van der Waals surface area (Å²) in [4.78, 5) is 0. The molecule has 1 atom stereocenters. The Balaban J connectivity index is 2.27. The van der Waals surface area contributed by atoms with E-state index in [2.05, 4.69) is 24.2 Å². The maximum atomic E-state index is 5.31. The van der Waals surface area contributed by atoms with Crippen LogP contribution in [0.15, 0.2) is 11.6 Å². The molecule has 1 N–H and O–H groups in total. The molecule has 1 heteroatoms. The van der Waals surface area contributed by atoms with E-state index in [9.17, 15) is 0 Å². The summed E-state index contributed by atoms with van der Waals surface area (Å²) < 4.78 is 0. The fourth-order valence-electron chi connectivity index (χ4n) is 1.50. The minimum atomic E-state index is 0.669. The summed E-state index contributed by atoms with van der Waals surface area (Å²) in [6.45, 7) is 3.32. The fraction of sp³-hybridized carbons (Fsp3) is 0.636. The number of rotatable bonds is 3. The van der Waals surface area contributed by atoms with Gasteiger partial charge in [-0.25, -0.2) is 0 Å². The number of nitrogens with one attached hydrogen (secondary N) is 1. The van der Waals surface area contributed by atoms with Gasteiger partial charge in [-0.3, -0.25) is 0 Å². The van der Waals surface area contributed by atoms with Crippen molar-refractivity contribution in [3.63, 3.8) is 0 Å². The molecule has 1 aliphatic carbocycles. The second-order valence-corrected chi connectivity index (χ2v) is 3.30. The normalized spacial score (nSPS) is 23.0. The van der Waals surface area contributed by atoms with Crippen LogP contribution in [-0.4, -0.2) is 12.6 Å². The van der Waals surface area contributed by atoms with Crippen LogP contribution < -0.4 is 5.32 Å². The molecule has 0 saturated heterocycles. The Hall–Kier alpha value is -0.740. The third-order valence-corrected chi connectivity index (χ3v) is 2.28. The second-order valence-electron chi connectivity index (χ2n) is 3.30. The van der Waals surface area contributed by atoms with Crippen LogP contribution in [0.5, 0.6) is 0 Å². The van der Waals surface area contributed by atoms with Crippen molar-refractivity contribution in [1.82, 2.24) is 5.32 Å². The highest BCUT2D eigenvalue weighted by Crippen LogP contribution is 2.16. The van der Waals surface area contributed by atoms with Crippen molar-refractivity contribution in [3.8, 4) is 12.3 Å². The van der Waals surface area contributed by atoms with Gasteiger partial charge in [-0.05, 0) is 37.8 Å². The molecule has 12 heavy (non-hydrogen) atoms. The Morgan fingerprint density at radius 3 is 3.08 bits per heavy atom. The molecule has 66 valence electrons. The molecule has 1 rings (SSSR count). The molecule has 0 amide bonds. The minimum Gasteiger partial charge on any atom is -0.314 e. The van der Waals surface area contributed by atoms with Gasteiger partial charge in [-0.2, -0.15) is 0 Å². The molecule has 0 radical (unpaired) electrons. The highest BCUT2D eigenvalue weighted by atomic mass is 14.9. The first-order valence-electron chi connectivity index (χ1n) is 4.75. The number of terminal acetylenes is 1. The number of hydrogen-bond acceptors (Lipinski definition) is 1. The molecule has 0 aromatic heterocycles. The summed E-state index contributed by atoms with van der Waals surface area (Å²) in [5, 5.41) is 3.50. The van der Waals surface area contributed by atoms with Gasteiger partial charge in [0, 0.05) is 6.04 Å². The van der Waals surface area contributed by atoms with Crippen LogP contribution >= 0.6 is 0 Å². The summed E-state index contributed by atoms with van der Waals surface area (Å²) in [7, 11) is 0. The minimum absolute atomic E-state index is 0.669. The smallest absolute Gasteiger partial charge is 0.0105 e. The van der Waals surface area contributed by atoms with Gasteiger partial charge in [-0.1, -0.05) is 18.9 Å². The Labute approximate surface area is 75.2 Å². The Morgan fingerprint density at radius 1 is 1.75 bits per heavy atom. The third kappa shape index (κ3) is 2.71. The van der Waals surface area contributed by atoms with Crippen LogP contribution in [0, 0.1) is 12.3 Å². The maximum Gasteiger partial charge on any atom is 0.0105 e. The van der Waals surface area contributed by atoms with E-state index in [0.29, 0.717) is 6.04 Å². The van der Waals surface area contributed by atoms with Crippen molar-refractivity contribution in [2.24, 2.45) is 0 Å². The molecular formula is C11H17N. The van der Waals surface area contributed by atoms with Gasteiger partial charge in [-0.15, -0.1) is 6.42 Å². The quantitative estimate of drug-likeness (QED) is 0.628. The SMILES string of the molecule is C#CC1=CC[C@@H](NCCC)CC1. The van der Waals surface area contributed by atoms with Gasteiger partial charge >= 0.3 is 0 Å². The molecule has 0 aromatic carbocycles. The van der Waals surface area contributed by atoms with E-state index in [1.165, 1.54) is 18.4 Å². The van der Waals surface area contributed by atoms with Crippen LogP contribution in [0.1, 0.15) is 32.6 Å². The van der Waals surface area contributed by atoms with E-state index < -0.39 is 0 Å². The lowest BCUT2D eigenvalue weighted by molar-refractivity contribution is 0.471. The lowest BCUT2D eigenvalue weighted by atomic mass is 9.96. The molecule has 1 nitrogen and oxygen atoms in total. The van der Waals surface area contributed by atoms with E-state index in [0.717, 1.165) is 19.4 Å². The monoisotopic (exact) mass is 163 g/mol. The predicted molar refractivity (Wildman–Crippen MR) is 52.8 cm³/mol. The van der Waals surface area contributed by atoms with Gasteiger partial charge in [0.2, 0.25) is 0 Å². The van der Waals surface area contributed by atoms with E-state index in [-0.39, 0.29) is 0 Å². The summed E-state index contributed by atoms with van der Waals surface area (Å²) in [6.07, 6.45) is 12.1. The van der Waals surface area contributed by atoms with E-state index >= 15 is 0 Å². The van der Waals surface area contributed by atoms with Crippen molar-refractivity contribution in [2.75, 3.05) is 6.54 Å². The highest BCUT2D eigenvalue weighted by molar-refractivity contribution is 5.27. The molecular weight excluding hydrogens is 146 g/mol. The van der Waals surface area contributed by atoms with Crippen LogP contribution in [0.25, 0.3) is 0 Å². The highest BCUT2D eigenvalue weighted by Gasteiger charge is 2.11. The maximum absolute atomic E-state index is 5.31. The molecule has 0 bridgehead atoms. The van der Waals surface area contributed by atoms with Crippen molar-refractivity contribution in [1.29, 1.82) is 0 Å². The van der Waals surface area contributed by atoms with E-state index in [1.54, 1.807) is 0 Å². The van der Waals surface area contributed by atoms with Gasteiger partial charge in [0.1, 0.15) is 0 Å². The first-order chi connectivity index (χ1) is 5.86. The van der Waals surface area contributed by atoms with Crippen molar-refractivity contribution in [3.05, 3.63) is 11.6 Å². The average Bonchev–Trinajstić information content (AvgIpc) is 2.15. The van der Waals surface area contributed by atoms with E-state index in [1.807, 2.05) is 0 Å². The van der Waals surface area contributed by atoms with Crippen molar-refractivity contribution < 1.29 is 0 Å². The number of allylic oxidation sites excluding steroid dienone is 1. The van der Waals surface area contributed by atoms with Gasteiger partial charge < -0.3 is 5.32 Å². The summed E-state index contributed by atoms with van der Waals surface area (Å²) in [5.74, 6) is 2.71. The van der Waals surface area contributed by atoms with Gasteiger partial charge in [0.15, 0.2) is 0 Å². The first kappa shape index (κ1) is 9.35. The molecule has 0 unspecified atom stereocenters. The van der Waals surface area contributed by atoms with Crippen LogP contribution in [0.4, 0.5) is 0 Å². The van der Waals surface area contributed by atoms with Crippen LogP contribution in [-0.2, 0) is 0 Å². The van der Waals surface area contributed by atoms with E-state index in [4.69, 9.17) is 6.42 Å².